The first-order chi connectivity index (χ1) is 9.65. The Morgan fingerprint density at radius 1 is 1.10 bits per heavy atom. The number of fused-ring (bicyclic) bond motifs is 1. The van der Waals surface area contributed by atoms with Gasteiger partial charge in [-0.05, 0) is 36.8 Å². The van der Waals surface area contributed by atoms with Gasteiger partial charge in [-0.15, -0.1) is 0 Å². The van der Waals surface area contributed by atoms with Crippen molar-refractivity contribution in [1.29, 1.82) is 0 Å². The lowest BCUT2D eigenvalue weighted by molar-refractivity contribution is 0.103. The lowest BCUT2D eigenvalue weighted by atomic mass is 10.0. The number of halogens is 1. The molecule has 0 saturated carbocycles. The van der Waals surface area contributed by atoms with Crippen molar-refractivity contribution >= 4 is 32.6 Å². The van der Waals surface area contributed by atoms with E-state index in [2.05, 4.69) is 20.9 Å². The highest BCUT2D eigenvalue weighted by Gasteiger charge is 2.13. The molecule has 0 spiro atoms. The summed E-state index contributed by atoms with van der Waals surface area (Å²) in [5, 5.41) is 1.03. The zero-order valence-electron chi connectivity index (χ0n) is 10.9. The van der Waals surface area contributed by atoms with Gasteiger partial charge in [0.1, 0.15) is 0 Å². The minimum atomic E-state index is 0.00410. The van der Waals surface area contributed by atoms with Gasteiger partial charge in [0.2, 0.25) is 0 Å². The molecule has 3 heteroatoms. The summed E-state index contributed by atoms with van der Waals surface area (Å²) in [6, 6.07) is 15.2. The predicted octanol–water partition coefficient (Wildman–Crippen LogP) is 4.54. The van der Waals surface area contributed by atoms with E-state index in [-0.39, 0.29) is 5.78 Å². The number of carbonyl (C=O) groups is 1. The SMILES string of the molecule is Cc1ccc(C(=O)c2ccc3cccnc3c2)c(Br)c1. The van der Waals surface area contributed by atoms with Gasteiger partial charge >= 0.3 is 0 Å². The highest BCUT2D eigenvalue weighted by molar-refractivity contribution is 9.10. The fourth-order valence-electron chi connectivity index (χ4n) is 2.17. The van der Waals surface area contributed by atoms with Gasteiger partial charge in [-0.2, -0.15) is 0 Å². The third-order valence-corrected chi connectivity index (χ3v) is 3.89. The van der Waals surface area contributed by atoms with Crippen molar-refractivity contribution in [2.75, 3.05) is 0 Å². The van der Waals surface area contributed by atoms with Crippen LogP contribution in [-0.4, -0.2) is 10.8 Å². The average molecular weight is 326 g/mol. The van der Waals surface area contributed by atoms with Gasteiger partial charge in [0.15, 0.2) is 5.78 Å². The summed E-state index contributed by atoms with van der Waals surface area (Å²) >= 11 is 3.46. The minimum absolute atomic E-state index is 0.00410. The first-order valence-electron chi connectivity index (χ1n) is 6.31. The highest BCUT2D eigenvalue weighted by atomic mass is 79.9. The Hall–Kier alpha value is -2.00. The standard InChI is InChI=1S/C17H12BrNO/c1-11-4-7-14(15(18)9-11)17(20)13-6-5-12-3-2-8-19-16(12)10-13/h2-10H,1H3. The number of rotatable bonds is 2. The van der Waals surface area contributed by atoms with Crippen LogP contribution in [-0.2, 0) is 0 Å². The number of ketones is 1. The molecule has 3 rings (SSSR count). The monoisotopic (exact) mass is 325 g/mol. The van der Waals surface area contributed by atoms with Crippen LogP contribution >= 0.6 is 15.9 Å². The van der Waals surface area contributed by atoms with Crippen molar-refractivity contribution in [1.82, 2.24) is 4.98 Å². The van der Waals surface area contributed by atoms with Crippen LogP contribution in [0.4, 0.5) is 0 Å². The lowest BCUT2D eigenvalue weighted by Crippen LogP contribution is -2.02. The molecule has 2 aromatic carbocycles. The van der Waals surface area contributed by atoms with Crippen molar-refractivity contribution in [3.8, 4) is 0 Å². The van der Waals surface area contributed by atoms with E-state index >= 15 is 0 Å². The largest absolute Gasteiger partial charge is 0.289 e. The number of nitrogens with zero attached hydrogens (tertiary/aromatic N) is 1. The van der Waals surface area contributed by atoms with Gasteiger partial charge in [0.25, 0.3) is 0 Å². The molecular formula is C17H12BrNO. The maximum absolute atomic E-state index is 12.6. The Kier molecular flexibility index (Phi) is 3.36. The van der Waals surface area contributed by atoms with E-state index in [1.165, 1.54) is 0 Å². The van der Waals surface area contributed by atoms with E-state index in [4.69, 9.17) is 0 Å². The molecule has 0 unspecified atom stereocenters. The fourth-order valence-corrected chi connectivity index (χ4v) is 2.84. The molecule has 1 heterocycles. The maximum Gasteiger partial charge on any atom is 0.194 e. The van der Waals surface area contributed by atoms with Crippen LogP contribution in [0.1, 0.15) is 21.5 Å². The summed E-state index contributed by atoms with van der Waals surface area (Å²) in [7, 11) is 0. The molecule has 1 aromatic heterocycles. The second-order valence-electron chi connectivity index (χ2n) is 4.72. The van der Waals surface area contributed by atoms with E-state index < -0.39 is 0 Å². The Bertz CT molecular complexity index is 811. The predicted molar refractivity (Wildman–Crippen MR) is 84.1 cm³/mol. The molecule has 3 aromatic rings. The van der Waals surface area contributed by atoms with Crippen LogP contribution in [0.3, 0.4) is 0 Å². The van der Waals surface area contributed by atoms with Gasteiger partial charge in [-0.25, -0.2) is 0 Å². The molecule has 0 atom stereocenters. The molecule has 0 aliphatic rings. The van der Waals surface area contributed by atoms with Gasteiger partial charge < -0.3 is 0 Å². The van der Waals surface area contributed by atoms with E-state index in [9.17, 15) is 4.79 Å². The minimum Gasteiger partial charge on any atom is -0.289 e. The zero-order chi connectivity index (χ0) is 14.1. The van der Waals surface area contributed by atoms with E-state index in [1.54, 1.807) is 6.20 Å². The lowest BCUT2D eigenvalue weighted by Gasteiger charge is -2.06. The third kappa shape index (κ3) is 2.37. The molecule has 0 amide bonds. The fraction of sp³-hybridized carbons (Fsp3) is 0.0588. The summed E-state index contributed by atoms with van der Waals surface area (Å²) in [4.78, 5) is 16.9. The second-order valence-corrected chi connectivity index (χ2v) is 5.58. The molecule has 0 bridgehead atoms. The first-order valence-corrected chi connectivity index (χ1v) is 7.10. The summed E-state index contributed by atoms with van der Waals surface area (Å²) < 4.78 is 0.823. The number of hydrogen-bond acceptors (Lipinski definition) is 2. The summed E-state index contributed by atoms with van der Waals surface area (Å²) in [6.07, 6.45) is 1.73. The molecule has 2 nitrogen and oxygen atoms in total. The Morgan fingerprint density at radius 2 is 1.95 bits per heavy atom. The Morgan fingerprint density at radius 3 is 2.75 bits per heavy atom. The highest BCUT2D eigenvalue weighted by Crippen LogP contribution is 2.23. The van der Waals surface area contributed by atoms with Crippen LogP contribution in [0.5, 0.6) is 0 Å². The Balaban J connectivity index is 2.08. The van der Waals surface area contributed by atoms with E-state index in [0.29, 0.717) is 11.1 Å². The van der Waals surface area contributed by atoms with E-state index in [0.717, 1.165) is 20.9 Å². The smallest absolute Gasteiger partial charge is 0.194 e. The van der Waals surface area contributed by atoms with Crippen LogP contribution in [0.2, 0.25) is 0 Å². The van der Waals surface area contributed by atoms with Gasteiger partial charge in [0, 0.05) is 27.2 Å². The number of aromatic nitrogens is 1. The summed E-state index contributed by atoms with van der Waals surface area (Å²) in [5.41, 5.74) is 3.28. The number of carbonyl (C=O) groups excluding carboxylic acids is 1. The second kappa shape index (κ2) is 5.17. The molecule has 20 heavy (non-hydrogen) atoms. The zero-order valence-corrected chi connectivity index (χ0v) is 12.5. The van der Waals surface area contributed by atoms with Crippen LogP contribution in [0.15, 0.2) is 59.2 Å². The Labute approximate surface area is 125 Å². The van der Waals surface area contributed by atoms with Crippen molar-refractivity contribution in [2.24, 2.45) is 0 Å². The molecule has 0 radical (unpaired) electrons. The van der Waals surface area contributed by atoms with Crippen LogP contribution in [0.25, 0.3) is 10.9 Å². The topological polar surface area (TPSA) is 30.0 Å². The van der Waals surface area contributed by atoms with Crippen LogP contribution < -0.4 is 0 Å². The molecule has 0 N–H and O–H groups in total. The molecule has 98 valence electrons. The average Bonchev–Trinajstić information content (AvgIpc) is 2.46. The summed E-state index contributed by atoms with van der Waals surface area (Å²) in [5.74, 6) is 0.00410. The van der Waals surface area contributed by atoms with Crippen molar-refractivity contribution in [2.45, 2.75) is 6.92 Å². The van der Waals surface area contributed by atoms with Crippen molar-refractivity contribution < 1.29 is 4.79 Å². The van der Waals surface area contributed by atoms with E-state index in [1.807, 2.05) is 55.5 Å². The normalized spacial score (nSPS) is 10.7. The molecule has 0 saturated heterocycles. The van der Waals surface area contributed by atoms with Crippen molar-refractivity contribution in [3.05, 3.63) is 75.9 Å². The first kappa shape index (κ1) is 13.0. The maximum atomic E-state index is 12.6. The molecule has 0 aliphatic carbocycles. The van der Waals surface area contributed by atoms with Crippen LogP contribution in [0, 0.1) is 6.92 Å². The quantitative estimate of drug-likeness (QED) is 0.647. The van der Waals surface area contributed by atoms with Gasteiger partial charge in [-0.3, -0.25) is 9.78 Å². The van der Waals surface area contributed by atoms with Crippen molar-refractivity contribution in [3.63, 3.8) is 0 Å². The number of aryl methyl sites for hydroxylation is 1. The third-order valence-electron chi connectivity index (χ3n) is 3.24. The number of hydrogen-bond donors (Lipinski definition) is 0. The number of pyridine rings is 1. The number of benzene rings is 2. The molecule has 0 aliphatic heterocycles. The van der Waals surface area contributed by atoms with Gasteiger partial charge in [0.05, 0.1) is 5.52 Å². The molecular weight excluding hydrogens is 314 g/mol. The van der Waals surface area contributed by atoms with Gasteiger partial charge in [-0.1, -0.05) is 40.2 Å². The molecule has 0 fully saturated rings. The summed E-state index contributed by atoms with van der Waals surface area (Å²) in [6.45, 7) is 2.00.